The highest BCUT2D eigenvalue weighted by atomic mass is 16.5. The summed E-state index contributed by atoms with van der Waals surface area (Å²) in [4.78, 5) is 0. The van der Waals surface area contributed by atoms with Crippen molar-refractivity contribution in [2.75, 3.05) is 19.8 Å². The van der Waals surface area contributed by atoms with E-state index in [0.717, 1.165) is 25.5 Å². The molecule has 0 spiro atoms. The third-order valence-electron chi connectivity index (χ3n) is 2.35. The van der Waals surface area contributed by atoms with E-state index in [1.54, 1.807) is 0 Å². The number of nitrogens with one attached hydrogen (secondary N) is 1. The molecule has 0 bridgehead atoms. The van der Waals surface area contributed by atoms with Gasteiger partial charge in [0.1, 0.15) is 0 Å². The van der Waals surface area contributed by atoms with Gasteiger partial charge in [-0.2, -0.15) is 5.10 Å². The van der Waals surface area contributed by atoms with Crippen LogP contribution in [0.5, 0.6) is 0 Å². The van der Waals surface area contributed by atoms with E-state index in [2.05, 4.69) is 16.6 Å². The van der Waals surface area contributed by atoms with Gasteiger partial charge in [0, 0.05) is 25.4 Å². The number of nitrogens with zero attached hydrogens (tertiary/aromatic N) is 2. The largest absolute Gasteiger partial charge is 0.378 e. The Balaban J connectivity index is 2.18. The highest BCUT2D eigenvalue weighted by Gasteiger charge is 2.18. The number of hydrogen-bond acceptors (Lipinski definition) is 3. The molecule has 1 unspecified atom stereocenters. The first kappa shape index (κ1) is 8.72. The van der Waals surface area contributed by atoms with Crippen LogP contribution in [0.15, 0.2) is 6.20 Å². The Labute approximate surface area is 77.9 Å². The molecule has 4 heteroatoms. The van der Waals surface area contributed by atoms with Crippen molar-refractivity contribution in [2.45, 2.75) is 13.0 Å². The van der Waals surface area contributed by atoms with E-state index in [4.69, 9.17) is 4.74 Å². The van der Waals surface area contributed by atoms with E-state index in [1.807, 2.05) is 18.7 Å². The first-order valence-electron chi connectivity index (χ1n) is 4.58. The van der Waals surface area contributed by atoms with Crippen LogP contribution in [0.2, 0.25) is 0 Å². The monoisotopic (exact) mass is 181 g/mol. The van der Waals surface area contributed by atoms with E-state index in [0.29, 0.717) is 6.04 Å². The Morgan fingerprint density at radius 1 is 1.69 bits per heavy atom. The van der Waals surface area contributed by atoms with Gasteiger partial charge in [-0.1, -0.05) is 0 Å². The number of aromatic nitrogens is 2. The minimum Gasteiger partial charge on any atom is -0.378 e. The Kier molecular flexibility index (Phi) is 2.33. The summed E-state index contributed by atoms with van der Waals surface area (Å²) in [6.07, 6.45) is 2.06. The molecule has 0 saturated carbocycles. The SMILES string of the molecule is Cc1nn(C)cc1C1COCCN1. The lowest BCUT2D eigenvalue weighted by molar-refractivity contribution is 0.0767. The lowest BCUT2D eigenvalue weighted by Gasteiger charge is -2.23. The number of aryl methyl sites for hydroxylation is 2. The molecule has 1 aliphatic rings. The zero-order valence-electron chi connectivity index (χ0n) is 8.08. The summed E-state index contributed by atoms with van der Waals surface area (Å²) in [5.41, 5.74) is 2.34. The van der Waals surface area contributed by atoms with Crippen molar-refractivity contribution in [3.05, 3.63) is 17.5 Å². The second kappa shape index (κ2) is 3.47. The average molecular weight is 181 g/mol. The molecule has 0 aromatic carbocycles. The van der Waals surface area contributed by atoms with Gasteiger partial charge in [0.15, 0.2) is 0 Å². The van der Waals surface area contributed by atoms with Crippen molar-refractivity contribution >= 4 is 0 Å². The average Bonchev–Trinajstić information content (AvgIpc) is 2.47. The van der Waals surface area contributed by atoms with E-state index < -0.39 is 0 Å². The van der Waals surface area contributed by atoms with E-state index in [-0.39, 0.29) is 0 Å². The van der Waals surface area contributed by atoms with Gasteiger partial charge in [-0.15, -0.1) is 0 Å². The second-order valence-electron chi connectivity index (χ2n) is 3.43. The Hall–Kier alpha value is -0.870. The van der Waals surface area contributed by atoms with Gasteiger partial charge in [0.2, 0.25) is 0 Å². The Bertz CT molecular complexity index is 289. The summed E-state index contributed by atoms with van der Waals surface area (Å²) in [6.45, 7) is 4.53. The number of ether oxygens (including phenoxy) is 1. The van der Waals surface area contributed by atoms with Crippen LogP contribution in [0.25, 0.3) is 0 Å². The molecule has 1 saturated heterocycles. The van der Waals surface area contributed by atoms with Crippen molar-refractivity contribution in [2.24, 2.45) is 7.05 Å². The standard InChI is InChI=1S/C9H15N3O/c1-7-8(5-12(2)11-7)9-6-13-4-3-10-9/h5,9-10H,3-4,6H2,1-2H3. The molecule has 2 rings (SSSR count). The van der Waals surface area contributed by atoms with Crippen molar-refractivity contribution in [1.82, 2.24) is 15.1 Å². The maximum Gasteiger partial charge on any atom is 0.0663 e. The molecule has 1 atom stereocenters. The van der Waals surface area contributed by atoms with Crippen LogP contribution < -0.4 is 5.32 Å². The lowest BCUT2D eigenvalue weighted by atomic mass is 10.1. The third kappa shape index (κ3) is 1.73. The fourth-order valence-corrected chi connectivity index (χ4v) is 1.73. The quantitative estimate of drug-likeness (QED) is 0.681. The maximum atomic E-state index is 5.40. The van der Waals surface area contributed by atoms with Gasteiger partial charge in [-0.3, -0.25) is 4.68 Å². The zero-order chi connectivity index (χ0) is 9.26. The van der Waals surface area contributed by atoms with Crippen LogP contribution in [0.3, 0.4) is 0 Å². The molecule has 0 radical (unpaired) electrons. The van der Waals surface area contributed by atoms with Gasteiger partial charge in [0.25, 0.3) is 0 Å². The molecule has 0 amide bonds. The van der Waals surface area contributed by atoms with Crippen molar-refractivity contribution in [3.63, 3.8) is 0 Å². The molecule has 13 heavy (non-hydrogen) atoms. The molecular weight excluding hydrogens is 166 g/mol. The summed E-state index contributed by atoms with van der Waals surface area (Å²) in [7, 11) is 1.94. The molecule has 0 aliphatic carbocycles. The van der Waals surface area contributed by atoms with Gasteiger partial charge >= 0.3 is 0 Å². The third-order valence-corrected chi connectivity index (χ3v) is 2.35. The predicted molar refractivity (Wildman–Crippen MR) is 49.5 cm³/mol. The summed E-state index contributed by atoms with van der Waals surface area (Å²) < 4.78 is 7.25. The fourth-order valence-electron chi connectivity index (χ4n) is 1.73. The van der Waals surface area contributed by atoms with Crippen molar-refractivity contribution < 1.29 is 4.74 Å². The molecule has 4 nitrogen and oxygen atoms in total. The van der Waals surface area contributed by atoms with Crippen LogP contribution in [-0.4, -0.2) is 29.5 Å². The minimum absolute atomic E-state index is 0.322. The summed E-state index contributed by atoms with van der Waals surface area (Å²) >= 11 is 0. The fraction of sp³-hybridized carbons (Fsp3) is 0.667. The van der Waals surface area contributed by atoms with E-state index in [1.165, 1.54) is 5.56 Å². The Morgan fingerprint density at radius 2 is 2.54 bits per heavy atom. The molecular formula is C9H15N3O. The van der Waals surface area contributed by atoms with Crippen LogP contribution in [-0.2, 0) is 11.8 Å². The van der Waals surface area contributed by atoms with E-state index in [9.17, 15) is 0 Å². The second-order valence-corrected chi connectivity index (χ2v) is 3.43. The van der Waals surface area contributed by atoms with Crippen LogP contribution in [0.4, 0.5) is 0 Å². The first-order valence-corrected chi connectivity index (χ1v) is 4.58. The predicted octanol–water partition coefficient (Wildman–Crippen LogP) is 0.389. The van der Waals surface area contributed by atoms with Gasteiger partial charge < -0.3 is 10.1 Å². The normalized spacial score (nSPS) is 23.4. The zero-order valence-corrected chi connectivity index (χ0v) is 8.08. The highest BCUT2D eigenvalue weighted by Crippen LogP contribution is 2.17. The number of morpholine rings is 1. The lowest BCUT2D eigenvalue weighted by Crippen LogP contribution is -2.34. The Morgan fingerprint density at radius 3 is 3.08 bits per heavy atom. The number of rotatable bonds is 1. The molecule has 1 N–H and O–H groups in total. The van der Waals surface area contributed by atoms with Gasteiger partial charge in [0.05, 0.1) is 24.9 Å². The highest BCUT2D eigenvalue weighted by molar-refractivity contribution is 5.20. The molecule has 1 aliphatic heterocycles. The first-order chi connectivity index (χ1) is 6.27. The topological polar surface area (TPSA) is 39.1 Å². The molecule has 1 fully saturated rings. The van der Waals surface area contributed by atoms with Crippen molar-refractivity contribution in [1.29, 1.82) is 0 Å². The van der Waals surface area contributed by atoms with Crippen molar-refractivity contribution in [3.8, 4) is 0 Å². The molecule has 2 heterocycles. The summed E-state index contributed by atoms with van der Waals surface area (Å²) in [5.74, 6) is 0. The van der Waals surface area contributed by atoms with Gasteiger partial charge in [-0.25, -0.2) is 0 Å². The number of hydrogen-bond donors (Lipinski definition) is 1. The minimum atomic E-state index is 0.322. The molecule has 1 aromatic heterocycles. The van der Waals surface area contributed by atoms with Crippen LogP contribution in [0.1, 0.15) is 17.3 Å². The smallest absolute Gasteiger partial charge is 0.0663 e. The van der Waals surface area contributed by atoms with Crippen LogP contribution >= 0.6 is 0 Å². The van der Waals surface area contributed by atoms with Crippen LogP contribution in [0, 0.1) is 6.92 Å². The summed E-state index contributed by atoms with van der Waals surface area (Å²) in [5, 5.41) is 7.72. The maximum absolute atomic E-state index is 5.40. The molecule has 1 aromatic rings. The van der Waals surface area contributed by atoms with Gasteiger partial charge in [-0.05, 0) is 6.92 Å². The van der Waals surface area contributed by atoms with E-state index >= 15 is 0 Å². The summed E-state index contributed by atoms with van der Waals surface area (Å²) in [6, 6.07) is 0.322. The molecule has 72 valence electrons.